The van der Waals surface area contributed by atoms with Crippen LogP contribution in [0.15, 0.2) is 146 Å². The van der Waals surface area contributed by atoms with Gasteiger partial charge in [-0.2, -0.15) is 0 Å². The summed E-state index contributed by atoms with van der Waals surface area (Å²) in [4.78, 5) is 51.5. The van der Waals surface area contributed by atoms with Gasteiger partial charge in [-0.25, -0.2) is 9.59 Å². The molecule has 0 bridgehead atoms. The van der Waals surface area contributed by atoms with Gasteiger partial charge in [-0.1, -0.05) is 30.3 Å². The molecule has 0 fully saturated rings. The van der Waals surface area contributed by atoms with E-state index < -0.39 is 17.8 Å². The summed E-state index contributed by atoms with van der Waals surface area (Å²) < 4.78 is 11.0. The van der Waals surface area contributed by atoms with Crippen LogP contribution in [0.3, 0.4) is 0 Å². The Bertz CT molecular complexity index is 2340. The van der Waals surface area contributed by atoms with Gasteiger partial charge in [0, 0.05) is 28.2 Å². The maximum atomic E-state index is 13.0. The molecule has 0 aliphatic carbocycles. The third-order valence-corrected chi connectivity index (χ3v) is 8.19. The summed E-state index contributed by atoms with van der Waals surface area (Å²) in [5.41, 5.74) is 8.64. The van der Waals surface area contributed by atoms with Crippen LogP contribution in [0.5, 0.6) is 17.2 Å². The number of benzene rings is 7. The van der Waals surface area contributed by atoms with Crippen LogP contribution >= 0.6 is 0 Å². The average Bonchev–Trinajstić information content (AvgIpc) is 3.16. The number of phenolic OH excluding ortho intramolecular Hbond substituents is 1. The van der Waals surface area contributed by atoms with Gasteiger partial charge < -0.3 is 30.9 Å². The zero-order chi connectivity index (χ0) is 36.2. The van der Waals surface area contributed by atoms with Gasteiger partial charge in [0.15, 0.2) is 0 Å². The molecule has 7 aromatic rings. The second kappa shape index (κ2) is 14.2. The fourth-order valence-electron chi connectivity index (χ4n) is 5.50. The number of hydrogen-bond donors (Lipinski definition) is 4. The van der Waals surface area contributed by atoms with E-state index in [1.165, 1.54) is 12.1 Å². The lowest BCUT2D eigenvalue weighted by molar-refractivity contribution is 0.0725. The van der Waals surface area contributed by atoms with Crippen LogP contribution in [-0.2, 0) is 0 Å². The van der Waals surface area contributed by atoms with Crippen molar-refractivity contribution >= 4 is 62.4 Å². The zero-order valence-electron chi connectivity index (χ0n) is 27.3. The quantitative estimate of drug-likeness (QED) is 0.0707. The number of amides is 2. The molecule has 7 aromatic carbocycles. The van der Waals surface area contributed by atoms with Gasteiger partial charge in [0.2, 0.25) is 0 Å². The first-order valence-corrected chi connectivity index (χ1v) is 16.1. The number of phenols is 1. The lowest BCUT2D eigenvalue weighted by Crippen LogP contribution is -2.14. The normalized spacial score (nSPS) is 10.8. The van der Waals surface area contributed by atoms with Crippen molar-refractivity contribution in [2.24, 2.45) is 0 Å². The van der Waals surface area contributed by atoms with E-state index in [-0.39, 0.29) is 28.5 Å². The molecule has 0 unspecified atom stereocenters. The highest BCUT2D eigenvalue weighted by Gasteiger charge is 2.15. The van der Waals surface area contributed by atoms with E-state index >= 15 is 0 Å². The van der Waals surface area contributed by atoms with Crippen LogP contribution < -0.4 is 25.8 Å². The molecular weight excluding hydrogens is 658 g/mol. The first-order chi connectivity index (χ1) is 25.2. The Balaban J connectivity index is 0.929. The van der Waals surface area contributed by atoms with Crippen molar-refractivity contribution in [3.63, 3.8) is 0 Å². The maximum Gasteiger partial charge on any atom is 0.343 e. The minimum Gasteiger partial charge on any atom is -0.508 e. The van der Waals surface area contributed by atoms with Crippen LogP contribution in [0.25, 0.3) is 21.5 Å². The van der Waals surface area contributed by atoms with E-state index in [1.807, 2.05) is 12.1 Å². The summed E-state index contributed by atoms with van der Waals surface area (Å²) in [5, 5.41) is 18.6. The van der Waals surface area contributed by atoms with Crippen molar-refractivity contribution in [1.29, 1.82) is 0 Å². The molecule has 0 atom stereocenters. The molecule has 0 aliphatic rings. The predicted octanol–water partition coefficient (Wildman–Crippen LogP) is 8.22. The molecule has 0 saturated carbocycles. The predicted molar refractivity (Wildman–Crippen MR) is 199 cm³/mol. The van der Waals surface area contributed by atoms with Crippen LogP contribution in [0.1, 0.15) is 41.4 Å². The minimum atomic E-state index is -0.671. The number of hydrogen-bond acceptors (Lipinski definition) is 8. The molecule has 254 valence electrons. The molecule has 0 radical (unpaired) electrons. The van der Waals surface area contributed by atoms with E-state index in [4.69, 9.17) is 15.2 Å². The fraction of sp³-hybridized carbons (Fsp3) is 0. The second-order valence-electron chi connectivity index (χ2n) is 11.9. The highest BCUT2D eigenvalue weighted by Crippen LogP contribution is 2.24. The van der Waals surface area contributed by atoms with Gasteiger partial charge >= 0.3 is 11.9 Å². The number of aromatic hydroxyl groups is 1. The molecule has 52 heavy (non-hydrogen) atoms. The lowest BCUT2D eigenvalue weighted by atomic mass is 10.1. The van der Waals surface area contributed by atoms with E-state index in [1.54, 1.807) is 121 Å². The Kier molecular flexibility index (Phi) is 9.01. The van der Waals surface area contributed by atoms with Crippen molar-refractivity contribution in [3.8, 4) is 17.2 Å². The van der Waals surface area contributed by atoms with Gasteiger partial charge in [0.25, 0.3) is 11.8 Å². The lowest BCUT2D eigenvalue weighted by Gasteiger charge is -2.10. The van der Waals surface area contributed by atoms with Crippen molar-refractivity contribution < 1.29 is 33.8 Å². The van der Waals surface area contributed by atoms with Gasteiger partial charge in [0.05, 0.1) is 11.1 Å². The van der Waals surface area contributed by atoms with E-state index in [2.05, 4.69) is 10.6 Å². The molecule has 7 rings (SSSR count). The molecule has 0 spiro atoms. The second-order valence-corrected chi connectivity index (χ2v) is 11.9. The minimum absolute atomic E-state index is 0.148. The summed E-state index contributed by atoms with van der Waals surface area (Å²) >= 11 is 0. The molecular formula is C42H29N3O7. The molecule has 0 aliphatic heterocycles. The van der Waals surface area contributed by atoms with E-state index in [0.29, 0.717) is 33.9 Å². The van der Waals surface area contributed by atoms with Crippen LogP contribution in [0, 0.1) is 0 Å². The molecule has 0 heterocycles. The summed E-state index contributed by atoms with van der Waals surface area (Å²) in [6.07, 6.45) is 0. The number of esters is 2. The Labute approximate surface area is 297 Å². The highest BCUT2D eigenvalue weighted by atomic mass is 16.5. The first-order valence-electron chi connectivity index (χ1n) is 16.1. The third-order valence-electron chi connectivity index (χ3n) is 8.19. The van der Waals surface area contributed by atoms with Crippen molar-refractivity contribution in [2.75, 3.05) is 16.4 Å². The molecule has 0 aromatic heterocycles. The number of fused-ring (bicyclic) bond motifs is 2. The van der Waals surface area contributed by atoms with Gasteiger partial charge in [-0.05, 0) is 137 Å². The summed E-state index contributed by atoms with van der Waals surface area (Å²) in [5.74, 6) is -1.28. The Morgan fingerprint density at radius 3 is 1.52 bits per heavy atom. The smallest absolute Gasteiger partial charge is 0.343 e. The molecule has 2 amide bonds. The number of anilines is 3. The Morgan fingerprint density at radius 1 is 0.462 bits per heavy atom. The number of carbonyl (C=O) groups excluding carboxylic acids is 4. The van der Waals surface area contributed by atoms with Gasteiger partial charge in [-0.15, -0.1) is 0 Å². The number of ether oxygens (including phenoxy) is 2. The standard InChI is InChI=1S/C42H29N3O7/c43-33-10-8-25-21-32(7-5-27(25)23-33)42(50)52-38-18-11-34(12-19-38)44-39(47)29-2-1-3-31(22-29)41(49)51-37-16-13-35(14-17-37)45-40(48)30-6-4-28-24-36(46)15-9-26(28)20-30/h1-24,46H,43H2,(H,44,47)(H,45,48). The van der Waals surface area contributed by atoms with Crippen LogP contribution in [-0.4, -0.2) is 28.9 Å². The van der Waals surface area contributed by atoms with Crippen LogP contribution in [0.2, 0.25) is 0 Å². The highest BCUT2D eigenvalue weighted by molar-refractivity contribution is 6.07. The molecule has 10 nitrogen and oxygen atoms in total. The van der Waals surface area contributed by atoms with Gasteiger partial charge in [-0.3, -0.25) is 9.59 Å². The molecule has 10 heteroatoms. The number of nitrogen functional groups attached to an aromatic ring is 1. The first kappa shape index (κ1) is 33.1. The largest absolute Gasteiger partial charge is 0.508 e. The van der Waals surface area contributed by atoms with Gasteiger partial charge in [0.1, 0.15) is 17.2 Å². The maximum absolute atomic E-state index is 13.0. The Morgan fingerprint density at radius 2 is 0.904 bits per heavy atom. The third kappa shape index (κ3) is 7.56. The summed E-state index contributed by atoms with van der Waals surface area (Å²) in [6.45, 7) is 0. The van der Waals surface area contributed by atoms with Crippen molar-refractivity contribution in [3.05, 3.63) is 168 Å². The van der Waals surface area contributed by atoms with E-state index in [0.717, 1.165) is 21.5 Å². The number of nitrogens with two attached hydrogens (primary N) is 1. The van der Waals surface area contributed by atoms with Crippen LogP contribution in [0.4, 0.5) is 17.1 Å². The van der Waals surface area contributed by atoms with Crippen molar-refractivity contribution in [1.82, 2.24) is 0 Å². The number of rotatable bonds is 8. The SMILES string of the molecule is Nc1ccc2cc(C(=O)Oc3ccc(NC(=O)c4cccc(C(=O)Oc5ccc(NC(=O)c6ccc7cc(O)ccc7c6)cc5)c4)cc3)ccc2c1. The summed E-state index contributed by atoms with van der Waals surface area (Å²) in [7, 11) is 0. The topological polar surface area (TPSA) is 157 Å². The number of nitrogens with one attached hydrogen (secondary N) is 2. The fourth-order valence-corrected chi connectivity index (χ4v) is 5.50. The number of carbonyl (C=O) groups is 4. The zero-order valence-corrected chi connectivity index (χ0v) is 27.3. The average molecular weight is 688 g/mol. The Hall–Kier alpha value is -7.46. The molecule has 5 N–H and O–H groups in total. The van der Waals surface area contributed by atoms with Crippen molar-refractivity contribution in [2.45, 2.75) is 0 Å². The van der Waals surface area contributed by atoms with E-state index in [9.17, 15) is 24.3 Å². The monoisotopic (exact) mass is 687 g/mol. The summed E-state index contributed by atoms with van der Waals surface area (Å²) in [6, 6.07) is 39.5. The molecule has 0 saturated heterocycles.